The predicted octanol–water partition coefficient (Wildman–Crippen LogP) is 2.56. The number of hydrogen-bond donors (Lipinski definition) is 2. The third-order valence-corrected chi connectivity index (χ3v) is 4.93. The molecule has 1 amide bonds. The van der Waals surface area contributed by atoms with Crippen LogP contribution in [0.1, 0.15) is 10.4 Å². The van der Waals surface area contributed by atoms with E-state index in [4.69, 9.17) is 16.7 Å². The molecule has 0 bridgehead atoms. The number of halogens is 1. The maximum Gasteiger partial charge on any atom is 0.274 e. The van der Waals surface area contributed by atoms with Crippen molar-refractivity contribution in [2.75, 3.05) is 20.2 Å². The number of carbonyl (C=O) groups excluding carboxylic acids is 1. The zero-order chi connectivity index (χ0) is 19.8. The lowest BCUT2D eigenvalue weighted by Crippen LogP contribution is -2.29. The number of imidazole rings is 1. The molecule has 0 saturated heterocycles. The smallest absolute Gasteiger partial charge is 0.274 e. The van der Waals surface area contributed by atoms with Gasteiger partial charge in [0.1, 0.15) is 11.3 Å². The summed E-state index contributed by atoms with van der Waals surface area (Å²) in [6.07, 6.45) is 1.52. The molecule has 28 heavy (non-hydrogen) atoms. The van der Waals surface area contributed by atoms with Crippen molar-refractivity contribution in [2.24, 2.45) is 0 Å². The van der Waals surface area contributed by atoms with Crippen molar-refractivity contribution >= 4 is 34.1 Å². The number of benzene rings is 2. The van der Waals surface area contributed by atoms with Crippen molar-refractivity contribution in [1.82, 2.24) is 19.3 Å². The van der Waals surface area contributed by atoms with Crippen molar-refractivity contribution in [1.29, 1.82) is 0 Å². The normalized spacial score (nSPS) is 11.2. The molecular weight excluding hydrogens is 380 g/mol. The van der Waals surface area contributed by atoms with Crippen LogP contribution >= 0.6 is 11.6 Å². The molecule has 2 aromatic heterocycles. The van der Waals surface area contributed by atoms with Crippen molar-refractivity contribution in [2.45, 2.75) is 0 Å². The highest BCUT2D eigenvalue weighted by Gasteiger charge is 2.19. The molecule has 0 atom stereocenters. The summed E-state index contributed by atoms with van der Waals surface area (Å²) in [4.78, 5) is 33.7. The van der Waals surface area contributed by atoms with Crippen LogP contribution in [0.25, 0.3) is 27.9 Å². The molecule has 0 radical (unpaired) electrons. The Morgan fingerprint density at radius 2 is 2.00 bits per heavy atom. The number of aliphatic hydroxyl groups is 1. The minimum absolute atomic E-state index is 0.152. The number of nitrogens with one attached hydrogen (secondary N) is 1. The fourth-order valence-corrected chi connectivity index (χ4v) is 3.44. The number of fused-ring (bicyclic) bond motifs is 3. The Labute approximate surface area is 164 Å². The number of likely N-dealkylation sites (N-methyl/N-ethyl adjacent to an activating group) is 1. The second kappa shape index (κ2) is 7.10. The standard InChI is InChI=1S/C20H17ClN4O3/c1-24(7-8-26)20(28)13-9-15-16(10-14(13)21)25-17(19(27)23-15)11-22-18(25)12-5-3-2-4-6-12/h2-6,9-11,26H,7-8H2,1H3,(H,23,27). The van der Waals surface area contributed by atoms with E-state index in [0.29, 0.717) is 22.4 Å². The lowest BCUT2D eigenvalue weighted by Gasteiger charge is -2.17. The van der Waals surface area contributed by atoms with Gasteiger partial charge in [-0.15, -0.1) is 0 Å². The Morgan fingerprint density at radius 3 is 2.71 bits per heavy atom. The van der Waals surface area contributed by atoms with E-state index >= 15 is 0 Å². The number of hydrogen-bond acceptors (Lipinski definition) is 4. The van der Waals surface area contributed by atoms with E-state index in [9.17, 15) is 9.59 Å². The van der Waals surface area contributed by atoms with Crippen LogP contribution in [-0.2, 0) is 0 Å². The van der Waals surface area contributed by atoms with E-state index in [2.05, 4.69) is 9.97 Å². The predicted molar refractivity (Wildman–Crippen MR) is 108 cm³/mol. The minimum Gasteiger partial charge on any atom is -0.395 e. The van der Waals surface area contributed by atoms with Crippen molar-refractivity contribution in [3.63, 3.8) is 0 Å². The first-order valence-electron chi connectivity index (χ1n) is 8.66. The summed E-state index contributed by atoms with van der Waals surface area (Å²) < 4.78 is 1.74. The monoisotopic (exact) mass is 396 g/mol. The highest BCUT2D eigenvalue weighted by molar-refractivity contribution is 6.34. The maximum absolute atomic E-state index is 12.6. The molecule has 4 rings (SSSR count). The summed E-state index contributed by atoms with van der Waals surface area (Å²) >= 11 is 6.41. The second-order valence-corrected chi connectivity index (χ2v) is 6.83. The number of aromatic nitrogens is 3. The zero-order valence-electron chi connectivity index (χ0n) is 15.0. The van der Waals surface area contributed by atoms with Gasteiger partial charge in [0.05, 0.1) is 34.4 Å². The van der Waals surface area contributed by atoms with Crippen molar-refractivity contribution < 1.29 is 9.90 Å². The average molecular weight is 397 g/mol. The van der Waals surface area contributed by atoms with Crippen LogP contribution in [0, 0.1) is 0 Å². The number of aliphatic hydroxyl groups excluding tert-OH is 1. The number of rotatable bonds is 4. The molecular formula is C20H17ClN4O3. The van der Waals surface area contributed by atoms with Gasteiger partial charge in [-0.05, 0) is 12.1 Å². The van der Waals surface area contributed by atoms with Crippen LogP contribution in [0.5, 0.6) is 0 Å². The SMILES string of the molecule is CN(CCO)C(=O)c1cc2[nH]c(=O)c3cnc(-c4ccccc4)n3c2cc1Cl. The molecule has 0 unspecified atom stereocenters. The van der Waals surface area contributed by atoms with E-state index < -0.39 is 0 Å². The average Bonchev–Trinajstić information content (AvgIpc) is 3.15. The van der Waals surface area contributed by atoms with Gasteiger partial charge in [-0.2, -0.15) is 0 Å². The van der Waals surface area contributed by atoms with Gasteiger partial charge in [0.2, 0.25) is 0 Å². The Balaban J connectivity index is 1.98. The van der Waals surface area contributed by atoms with Gasteiger partial charge in [0.15, 0.2) is 0 Å². The van der Waals surface area contributed by atoms with Crippen LogP contribution in [0.4, 0.5) is 0 Å². The van der Waals surface area contributed by atoms with Crippen molar-refractivity contribution in [3.8, 4) is 11.4 Å². The lowest BCUT2D eigenvalue weighted by molar-refractivity contribution is 0.0767. The second-order valence-electron chi connectivity index (χ2n) is 6.42. The third-order valence-electron chi connectivity index (χ3n) is 4.61. The molecule has 2 aromatic carbocycles. The van der Waals surface area contributed by atoms with Crippen LogP contribution in [0.15, 0.2) is 53.5 Å². The largest absolute Gasteiger partial charge is 0.395 e. The van der Waals surface area contributed by atoms with E-state index in [1.54, 1.807) is 23.6 Å². The summed E-state index contributed by atoms with van der Waals surface area (Å²) in [7, 11) is 1.58. The highest BCUT2D eigenvalue weighted by atomic mass is 35.5. The summed E-state index contributed by atoms with van der Waals surface area (Å²) in [6, 6.07) is 12.7. The van der Waals surface area contributed by atoms with E-state index in [-0.39, 0.29) is 35.2 Å². The van der Waals surface area contributed by atoms with Gasteiger partial charge < -0.3 is 15.0 Å². The minimum atomic E-state index is -0.337. The summed E-state index contributed by atoms with van der Waals surface area (Å²) in [6.45, 7) is 0.0306. The Hall–Kier alpha value is -3.16. The molecule has 0 fully saturated rings. The fourth-order valence-electron chi connectivity index (χ4n) is 3.20. The van der Waals surface area contributed by atoms with Crippen LogP contribution in [-0.4, -0.2) is 50.5 Å². The van der Waals surface area contributed by atoms with Gasteiger partial charge >= 0.3 is 0 Å². The number of nitrogens with zero attached hydrogens (tertiary/aromatic N) is 3. The molecule has 0 aliphatic carbocycles. The Morgan fingerprint density at radius 1 is 1.25 bits per heavy atom. The summed E-state index contributed by atoms with van der Waals surface area (Å²) in [5.41, 5.74) is 2.29. The molecule has 0 aliphatic heterocycles. The van der Waals surface area contributed by atoms with Gasteiger partial charge in [-0.1, -0.05) is 41.9 Å². The van der Waals surface area contributed by atoms with Gasteiger partial charge in [-0.3, -0.25) is 14.0 Å². The topological polar surface area (TPSA) is 90.7 Å². The molecule has 0 aliphatic rings. The maximum atomic E-state index is 12.6. The molecule has 2 N–H and O–H groups in total. The number of carbonyl (C=O) groups is 1. The highest BCUT2D eigenvalue weighted by Crippen LogP contribution is 2.27. The lowest BCUT2D eigenvalue weighted by atomic mass is 10.1. The fraction of sp³-hybridized carbons (Fsp3) is 0.150. The van der Waals surface area contributed by atoms with Crippen molar-refractivity contribution in [3.05, 3.63) is 69.6 Å². The molecule has 7 nitrogen and oxygen atoms in total. The Kier molecular flexibility index (Phi) is 4.62. The third kappa shape index (κ3) is 2.94. The van der Waals surface area contributed by atoms with Gasteiger partial charge in [-0.25, -0.2) is 4.98 Å². The molecule has 0 spiro atoms. The molecule has 4 aromatic rings. The van der Waals surface area contributed by atoms with Gasteiger partial charge in [0.25, 0.3) is 11.5 Å². The number of aromatic amines is 1. The first-order chi connectivity index (χ1) is 13.5. The first kappa shape index (κ1) is 18.2. The summed E-state index contributed by atoms with van der Waals surface area (Å²) in [5, 5.41) is 9.31. The quantitative estimate of drug-likeness (QED) is 0.554. The molecule has 142 valence electrons. The van der Waals surface area contributed by atoms with Crippen LogP contribution in [0.3, 0.4) is 0 Å². The van der Waals surface area contributed by atoms with E-state index in [1.807, 2.05) is 30.3 Å². The zero-order valence-corrected chi connectivity index (χ0v) is 15.8. The van der Waals surface area contributed by atoms with E-state index in [1.165, 1.54) is 11.1 Å². The Bertz CT molecular complexity index is 1250. The molecule has 2 heterocycles. The summed E-state index contributed by atoms with van der Waals surface area (Å²) in [5.74, 6) is 0.273. The first-order valence-corrected chi connectivity index (χ1v) is 9.04. The van der Waals surface area contributed by atoms with Crippen LogP contribution in [0.2, 0.25) is 5.02 Å². The number of H-pyrrole nitrogens is 1. The molecule has 0 saturated carbocycles. The van der Waals surface area contributed by atoms with Gasteiger partial charge in [0, 0.05) is 19.2 Å². The molecule has 8 heteroatoms. The number of amides is 1. The van der Waals surface area contributed by atoms with Crippen LogP contribution < -0.4 is 5.56 Å². The van der Waals surface area contributed by atoms with E-state index in [0.717, 1.165) is 5.56 Å².